The van der Waals surface area contributed by atoms with Crippen LogP contribution < -0.4 is 10.6 Å². The third kappa shape index (κ3) is 4.07. The number of aryl methyl sites for hydroxylation is 1. The van der Waals surface area contributed by atoms with Crippen LogP contribution in [0, 0.1) is 0 Å². The average molecular weight is 379 g/mol. The van der Waals surface area contributed by atoms with Gasteiger partial charge in [0.25, 0.3) is 5.91 Å². The molecule has 0 bridgehead atoms. The van der Waals surface area contributed by atoms with E-state index in [1.54, 1.807) is 37.1 Å². The minimum Gasteiger partial charge on any atom is -0.480 e. The fourth-order valence-electron chi connectivity index (χ4n) is 2.87. The molecule has 1 aromatic carbocycles. The van der Waals surface area contributed by atoms with Gasteiger partial charge in [-0.2, -0.15) is 5.10 Å². The molecule has 0 saturated heterocycles. The normalized spacial score (nSPS) is 11.8. The summed E-state index contributed by atoms with van der Waals surface area (Å²) < 4.78 is 1.64. The van der Waals surface area contributed by atoms with Gasteiger partial charge in [0, 0.05) is 38.2 Å². The molecule has 0 fully saturated rings. The molecular weight excluding hydrogens is 358 g/mol. The van der Waals surface area contributed by atoms with E-state index in [2.05, 4.69) is 10.1 Å². The van der Waals surface area contributed by atoms with Crippen molar-refractivity contribution in [1.82, 2.24) is 14.8 Å². The number of amides is 1. The first-order valence-corrected chi connectivity index (χ1v) is 8.66. The first kappa shape index (κ1) is 19.2. The summed E-state index contributed by atoms with van der Waals surface area (Å²) in [6.07, 6.45) is 5.21. The van der Waals surface area contributed by atoms with Crippen molar-refractivity contribution in [3.63, 3.8) is 0 Å². The number of anilines is 1. The highest BCUT2D eigenvalue weighted by molar-refractivity contribution is 6.06. The van der Waals surface area contributed by atoms with Gasteiger partial charge < -0.3 is 10.8 Å². The maximum Gasteiger partial charge on any atom is 0.320 e. The molecular formula is C20H21N5O3. The lowest BCUT2D eigenvalue weighted by atomic mass is 10.0. The van der Waals surface area contributed by atoms with E-state index >= 15 is 0 Å². The van der Waals surface area contributed by atoms with Crippen LogP contribution in [0.2, 0.25) is 0 Å². The van der Waals surface area contributed by atoms with Gasteiger partial charge in [-0.15, -0.1) is 0 Å². The molecule has 1 amide bonds. The lowest BCUT2D eigenvalue weighted by Gasteiger charge is -2.16. The van der Waals surface area contributed by atoms with Crippen LogP contribution >= 0.6 is 0 Å². The molecule has 0 aliphatic heterocycles. The van der Waals surface area contributed by atoms with Gasteiger partial charge in [0.1, 0.15) is 6.04 Å². The molecule has 0 saturated carbocycles. The molecule has 0 aliphatic carbocycles. The van der Waals surface area contributed by atoms with Crippen LogP contribution in [0.15, 0.2) is 55.0 Å². The van der Waals surface area contributed by atoms with Gasteiger partial charge in [-0.1, -0.05) is 24.3 Å². The average Bonchev–Trinajstić information content (AvgIpc) is 3.09. The van der Waals surface area contributed by atoms with Crippen molar-refractivity contribution in [2.75, 3.05) is 11.9 Å². The van der Waals surface area contributed by atoms with Gasteiger partial charge in [0.2, 0.25) is 0 Å². The Morgan fingerprint density at radius 1 is 1.25 bits per heavy atom. The predicted molar refractivity (Wildman–Crippen MR) is 105 cm³/mol. The minimum absolute atomic E-state index is 0.211. The number of aromatic nitrogens is 3. The van der Waals surface area contributed by atoms with E-state index in [0.29, 0.717) is 11.4 Å². The van der Waals surface area contributed by atoms with Crippen LogP contribution in [0.1, 0.15) is 15.9 Å². The van der Waals surface area contributed by atoms with Crippen LogP contribution in [0.25, 0.3) is 11.1 Å². The number of nitrogens with zero attached hydrogens (tertiary/aromatic N) is 4. The molecule has 2 aromatic heterocycles. The molecule has 0 radical (unpaired) electrons. The number of aliphatic carboxylic acids is 1. The van der Waals surface area contributed by atoms with Crippen molar-refractivity contribution < 1.29 is 14.7 Å². The van der Waals surface area contributed by atoms with Crippen molar-refractivity contribution in [3.8, 4) is 11.1 Å². The van der Waals surface area contributed by atoms with Gasteiger partial charge in [0.05, 0.1) is 5.56 Å². The number of carboxylic acid groups (broad SMARTS) is 1. The van der Waals surface area contributed by atoms with E-state index in [1.807, 2.05) is 30.5 Å². The van der Waals surface area contributed by atoms with Crippen molar-refractivity contribution in [2.24, 2.45) is 12.8 Å². The first-order chi connectivity index (χ1) is 13.4. The Kier molecular flexibility index (Phi) is 5.51. The van der Waals surface area contributed by atoms with Gasteiger partial charge in [-0.05, 0) is 29.7 Å². The summed E-state index contributed by atoms with van der Waals surface area (Å²) in [5.74, 6) is -0.724. The lowest BCUT2D eigenvalue weighted by molar-refractivity contribution is -0.138. The van der Waals surface area contributed by atoms with E-state index in [9.17, 15) is 9.59 Å². The number of hydrogen-bond acceptors (Lipinski definition) is 5. The van der Waals surface area contributed by atoms with Crippen molar-refractivity contribution >= 4 is 17.7 Å². The van der Waals surface area contributed by atoms with Crippen LogP contribution in [-0.4, -0.2) is 44.8 Å². The molecule has 3 N–H and O–H groups in total. The number of carboxylic acids is 1. The van der Waals surface area contributed by atoms with Gasteiger partial charge in [-0.25, -0.2) is 0 Å². The molecule has 3 aromatic rings. The monoisotopic (exact) mass is 379 g/mol. The van der Waals surface area contributed by atoms with E-state index < -0.39 is 12.0 Å². The van der Waals surface area contributed by atoms with Crippen LogP contribution in [-0.2, 0) is 18.3 Å². The molecule has 3 rings (SSSR count). The summed E-state index contributed by atoms with van der Waals surface area (Å²) in [7, 11) is 3.46. The topological polar surface area (TPSA) is 114 Å². The van der Waals surface area contributed by atoms with Gasteiger partial charge >= 0.3 is 5.97 Å². The van der Waals surface area contributed by atoms with Crippen molar-refractivity contribution in [3.05, 3.63) is 66.1 Å². The fourth-order valence-corrected chi connectivity index (χ4v) is 2.87. The number of nitrogens with two attached hydrogens (primary N) is 1. The Morgan fingerprint density at radius 3 is 2.57 bits per heavy atom. The standard InChI is InChI=1S/C20H21N5O3/c1-24-12-16(14-7-5-13(6-8-14)10-17(21)20(27)28)18(23-24)25(2)19(26)15-4-3-9-22-11-15/h3-9,11-12,17H,10,21H2,1-2H3,(H,27,28)/t17-/m0/s1. The van der Waals surface area contributed by atoms with Crippen LogP contribution in [0.5, 0.6) is 0 Å². The summed E-state index contributed by atoms with van der Waals surface area (Å²) >= 11 is 0. The summed E-state index contributed by atoms with van der Waals surface area (Å²) in [6.45, 7) is 0. The zero-order valence-electron chi connectivity index (χ0n) is 15.6. The highest BCUT2D eigenvalue weighted by Gasteiger charge is 2.21. The van der Waals surface area contributed by atoms with E-state index in [-0.39, 0.29) is 12.3 Å². The maximum atomic E-state index is 12.7. The molecule has 0 unspecified atom stereocenters. The molecule has 0 spiro atoms. The number of rotatable bonds is 6. The largest absolute Gasteiger partial charge is 0.480 e. The molecule has 8 nitrogen and oxygen atoms in total. The molecule has 2 heterocycles. The Morgan fingerprint density at radius 2 is 1.96 bits per heavy atom. The number of carbonyl (C=O) groups is 2. The zero-order chi connectivity index (χ0) is 20.3. The fraction of sp³-hybridized carbons (Fsp3) is 0.200. The van der Waals surface area contributed by atoms with Crippen molar-refractivity contribution in [1.29, 1.82) is 0 Å². The number of pyridine rings is 1. The zero-order valence-corrected chi connectivity index (χ0v) is 15.6. The molecule has 0 aliphatic rings. The second kappa shape index (κ2) is 8.01. The van der Waals surface area contributed by atoms with Gasteiger partial charge in [-0.3, -0.25) is 24.2 Å². The second-order valence-corrected chi connectivity index (χ2v) is 6.49. The van der Waals surface area contributed by atoms with E-state index in [1.165, 1.54) is 11.1 Å². The minimum atomic E-state index is -1.03. The third-order valence-electron chi connectivity index (χ3n) is 4.38. The quantitative estimate of drug-likeness (QED) is 0.674. The molecule has 1 atom stereocenters. The Balaban J connectivity index is 1.88. The SMILES string of the molecule is CN(C(=O)c1cccnc1)c1nn(C)cc1-c1ccc(C[C@H](N)C(=O)O)cc1. The maximum absolute atomic E-state index is 12.7. The summed E-state index contributed by atoms with van der Waals surface area (Å²) in [5, 5.41) is 13.4. The lowest BCUT2D eigenvalue weighted by Crippen LogP contribution is -2.32. The molecule has 28 heavy (non-hydrogen) atoms. The molecule has 144 valence electrons. The highest BCUT2D eigenvalue weighted by Crippen LogP contribution is 2.30. The first-order valence-electron chi connectivity index (χ1n) is 8.66. The van der Waals surface area contributed by atoms with Crippen molar-refractivity contribution in [2.45, 2.75) is 12.5 Å². The predicted octanol–water partition coefficient (Wildman–Crippen LogP) is 1.71. The molecule has 8 heteroatoms. The smallest absolute Gasteiger partial charge is 0.320 e. The Labute approximate surface area is 162 Å². The van der Waals surface area contributed by atoms with Crippen LogP contribution in [0.4, 0.5) is 5.82 Å². The van der Waals surface area contributed by atoms with Gasteiger partial charge in [0.15, 0.2) is 5.82 Å². The third-order valence-corrected chi connectivity index (χ3v) is 4.38. The Hall–Kier alpha value is -3.52. The summed E-state index contributed by atoms with van der Waals surface area (Å²) in [5.41, 5.74) is 8.54. The van der Waals surface area contributed by atoms with E-state index in [4.69, 9.17) is 10.8 Å². The number of carbonyl (C=O) groups excluding carboxylic acids is 1. The highest BCUT2D eigenvalue weighted by atomic mass is 16.4. The summed E-state index contributed by atoms with van der Waals surface area (Å²) in [6, 6.07) is 9.87. The summed E-state index contributed by atoms with van der Waals surface area (Å²) in [4.78, 5) is 29.1. The van der Waals surface area contributed by atoms with E-state index in [0.717, 1.165) is 16.7 Å². The second-order valence-electron chi connectivity index (χ2n) is 6.49. The van der Waals surface area contributed by atoms with Crippen LogP contribution in [0.3, 0.4) is 0 Å². The number of benzene rings is 1. The Bertz CT molecular complexity index is 983. The number of hydrogen-bond donors (Lipinski definition) is 2.